The van der Waals surface area contributed by atoms with Crippen molar-refractivity contribution in [2.24, 2.45) is 17.3 Å². The average Bonchev–Trinajstić information content (AvgIpc) is 2.83. The Hall–Kier alpha value is -1.32. The van der Waals surface area contributed by atoms with Crippen LogP contribution in [0, 0.1) is 17.3 Å². The van der Waals surface area contributed by atoms with E-state index in [9.17, 15) is 9.59 Å². The van der Waals surface area contributed by atoms with Crippen LogP contribution in [0.25, 0.3) is 0 Å². The molecular weight excluding hydrogens is 208 g/mol. The molecule has 0 aromatic rings. The maximum Gasteiger partial charge on any atom is 0.333 e. The van der Waals surface area contributed by atoms with Crippen LogP contribution >= 0.6 is 0 Å². The number of hydrogen-bond acceptors (Lipinski definition) is 4. The van der Waals surface area contributed by atoms with Crippen molar-refractivity contribution in [1.29, 1.82) is 0 Å². The first-order valence-corrected chi connectivity index (χ1v) is 5.59. The van der Waals surface area contributed by atoms with E-state index in [1.807, 2.05) is 0 Å². The van der Waals surface area contributed by atoms with Crippen molar-refractivity contribution in [2.75, 3.05) is 6.61 Å². The van der Waals surface area contributed by atoms with E-state index in [2.05, 4.69) is 6.58 Å². The van der Waals surface area contributed by atoms with Gasteiger partial charge in [-0.15, -0.1) is 0 Å². The van der Waals surface area contributed by atoms with Gasteiger partial charge in [-0.2, -0.15) is 0 Å². The van der Waals surface area contributed by atoms with E-state index in [0.29, 0.717) is 12.2 Å². The second kappa shape index (κ2) is 2.87. The van der Waals surface area contributed by atoms with E-state index in [0.717, 1.165) is 12.8 Å². The predicted molar refractivity (Wildman–Crippen MR) is 54.3 cm³/mol. The molecule has 0 aromatic carbocycles. The summed E-state index contributed by atoms with van der Waals surface area (Å²) < 4.78 is 10.5. The fourth-order valence-corrected chi connectivity index (χ4v) is 3.51. The van der Waals surface area contributed by atoms with E-state index in [4.69, 9.17) is 9.47 Å². The molecule has 0 N–H and O–H groups in total. The molecule has 1 spiro atoms. The van der Waals surface area contributed by atoms with Gasteiger partial charge in [0.05, 0.1) is 11.3 Å². The normalized spacial score (nSPS) is 43.3. The third kappa shape index (κ3) is 0.950. The largest absolute Gasteiger partial charge is 0.465 e. The maximum absolute atomic E-state index is 11.5. The third-order valence-corrected chi connectivity index (χ3v) is 4.27. The Morgan fingerprint density at radius 3 is 3.06 bits per heavy atom. The van der Waals surface area contributed by atoms with Crippen molar-refractivity contribution >= 4 is 11.9 Å². The quantitative estimate of drug-likeness (QED) is 0.518. The second-order valence-electron chi connectivity index (χ2n) is 5.13. The summed E-state index contributed by atoms with van der Waals surface area (Å²) in [5.74, 6) is -0.298. The molecule has 3 aliphatic carbocycles. The van der Waals surface area contributed by atoms with Crippen LogP contribution in [-0.4, -0.2) is 24.6 Å². The molecule has 0 amide bonds. The maximum atomic E-state index is 11.5. The van der Waals surface area contributed by atoms with Gasteiger partial charge in [0.15, 0.2) is 0 Å². The number of cyclic esters (lactones) is 1. The van der Waals surface area contributed by atoms with Crippen molar-refractivity contribution in [3.8, 4) is 0 Å². The fourth-order valence-electron chi connectivity index (χ4n) is 3.51. The Balaban J connectivity index is 1.79. The highest BCUT2D eigenvalue weighted by molar-refractivity contribution is 5.87. The Bertz CT molecular complexity index is 400. The number of esters is 2. The van der Waals surface area contributed by atoms with Gasteiger partial charge < -0.3 is 9.47 Å². The van der Waals surface area contributed by atoms with Crippen molar-refractivity contribution in [3.05, 3.63) is 12.2 Å². The van der Waals surface area contributed by atoms with Crippen LogP contribution in [0.2, 0.25) is 0 Å². The molecule has 1 aliphatic heterocycles. The van der Waals surface area contributed by atoms with E-state index >= 15 is 0 Å². The predicted octanol–water partition coefficient (Wildman–Crippen LogP) is 1.06. The van der Waals surface area contributed by atoms with Gasteiger partial charge in [0.2, 0.25) is 0 Å². The molecule has 1 heterocycles. The summed E-state index contributed by atoms with van der Waals surface area (Å²) in [4.78, 5) is 23.0. The Labute approximate surface area is 93.6 Å². The van der Waals surface area contributed by atoms with Crippen LogP contribution in [-0.2, 0) is 19.1 Å². The average molecular weight is 222 g/mol. The highest BCUT2D eigenvalue weighted by Crippen LogP contribution is 2.67. The first-order chi connectivity index (χ1) is 7.56. The van der Waals surface area contributed by atoms with Crippen molar-refractivity contribution in [2.45, 2.75) is 25.9 Å². The summed E-state index contributed by atoms with van der Waals surface area (Å²) in [5.41, 5.74) is 0.205. The molecule has 86 valence electrons. The minimum absolute atomic E-state index is 0.0181. The van der Waals surface area contributed by atoms with E-state index in [1.165, 1.54) is 0 Å². The molecule has 1 saturated heterocycles. The zero-order chi connectivity index (χ0) is 11.5. The first-order valence-electron chi connectivity index (χ1n) is 5.59. The van der Waals surface area contributed by atoms with Gasteiger partial charge in [0, 0.05) is 11.5 Å². The van der Waals surface area contributed by atoms with Crippen molar-refractivity contribution < 1.29 is 19.1 Å². The Kier molecular flexibility index (Phi) is 1.77. The van der Waals surface area contributed by atoms with Gasteiger partial charge in [-0.3, -0.25) is 4.79 Å². The number of hydrogen-bond donors (Lipinski definition) is 0. The number of ether oxygens (including phenoxy) is 2. The smallest absolute Gasteiger partial charge is 0.333 e. The molecule has 3 saturated carbocycles. The summed E-state index contributed by atoms with van der Waals surface area (Å²) in [6, 6.07) is 0. The second-order valence-corrected chi connectivity index (χ2v) is 5.13. The molecule has 4 rings (SSSR count). The number of rotatable bonds is 2. The molecule has 16 heavy (non-hydrogen) atoms. The minimum Gasteiger partial charge on any atom is -0.465 e. The van der Waals surface area contributed by atoms with Crippen molar-refractivity contribution in [3.63, 3.8) is 0 Å². The van der Waals surface area contributed by atoms with Crippen LogP contribution in [0.1, 0.15) is 19.8 Å². The topological polar surface area (TPSA) is 52.6 Å². The van der Waals surface area contributed by atoms with Gasteiger partial charge in [-0.25, -0.2) is 4.79 Å². The lowest BCUT2D eigenvalue weighted by Crippen LogP contribution is -2.56. The van der Waals surface area contributed by atoms with Gasteiger partial charge in [-0.05, 0) is 19.8 Å². The summed E-state index contributed by atoms with van der Waals surface area (Å²) in [5, 5.41) is 0. The molecule has 4 unspecified atom stereocenters. The SMILES string of the molecule is C=C(C)C(=O)OC1C2CCC13COC(=O)C23. The number of carbonyl (C=O) groups excluding carboxylic acids is 2. The Morgan fingerprint density at radius 2 is 2.38 bits per heavy atom. The van der Waals surface area contributed by atoms with Crippen LogP contribution in [0.5, 0.6) is 0 Å². The highest BCUT2D eigenvalue weighted by atomic mass is 16.6. The summed E-state index contributed by atoms with van der Waals surface area (Å²) in [6.07, 6.45) is 1.77. The highest BCUT2D eigenvalue weighted by Gasteiger charge is 2.75. The lowest BCUT2D eigenvalue weighted by atomic mass is 9.59. The molecular formula is C12H14O4. The summed E-state index contributed by atoms with van der Waals surface area (Å²) >= 11 is 0. The standard InChI is InChI=1S/C12H14O4/c1-6(2)10(13)16-9-7-3-4-12(9)5-15-11(14)8(7)12/h7-9H,1,3-5H2,2H3. The third-order valence-electron chi connectivity index (χ3n) is 4.27. The van der Waals surface area contributed by atoms with E-state index < -0.39 is 0 Å². The van der Waals surface area contributed by atoms with Gasteiger partial charge in [0.1, 0.15) is 12.7 Å². The lowest BCUT2D eigenvalue weighted by Gasteiger charge is -2.46. The lowest BCUT2D eigenvalue weighted by molar-refractivity contribution is -0.177. The van der Waals surface area contributed by atoms with Crippen LogP contribution in [0.15, 0.2) is 12.2 Å². The van der Waals surface area contributed by atoms with Crippen LogP contribution < -0.4 is 0 Å². The van der Waals surface area contributed by atoms with Gasteiger partial charge in [-0.1, -0.05) is 6.58 Å². The molecule has 4 atom stereocenters. The zero-order valence-corrected chi connectivity index (χ0v) is 9.19. The van der Waals surface area contributed by atoms with Crippen LogP contribution in [0.4, 0.5) is 0 Å². The molecule has 4 fully saturated rings. The van der Waals surface area contributed by atoms with Crippen molar-refractivity contribution in [1.82, 2.24) is 0 Å². The number of fused-ring (bicyclic) bond motifs is 1. The van der Waals surface area contributed by atoms with Gasteiger partial charge >= 0.3 is 11.9 Å². The molecule has 2 bridgehead atoms. The summed E-state index contributed by atoms with van der Waals surface area (Å²) in [7, 11) is 0. The van der Waals surface area contributed by atoms with E-state index in [1.54, 1.807) is 6.92 Å². The Morgan fingerprint density at radius 1 is 1.62 bits per heavy atom. The fraction of sp³-hybridized carbons (Fsp3) is 0.667. The van der Waals surface area contributed by atoms with Gasteiger partial charge in [0.25, 0.3) is 0 Å². The molecule has 4 heteroatoms. The number of carbonyl (C=O) groups is 2. The van der Waals surface area contributed by atoms with E-state index in [-0.39, 0.29) is 35.3 Å². The molecule has 0 aromatic heterocycles. The first kappa shape index (κ1) is 9.87. The van der Waals surface area contributed by atoms with Crippen LogP contribution in [0.3, 0.4) is 0 Å². The zero-order valence-electron chi connectivity index (χ0n) is 9.19. The minimum atomic E-state index is -0.353. The molecule has 4 nitrogen and oxygen atoms in total. The monoisotopic (exact) mass is 222 g/mol. The summed E-state index contributed by atoms with van der Waals surface area (Å²) in [6.45, 7) is 5.61. The molecule has 4 aliphatic rings. The molecule has 0 radical (unpaired) electrons.